The van der Waals surface area contributed by atoms with E-state index in [0.717, 1.165) is 5.56 Å². The lowest BCUT2D eigenvalue weighted by Crippen LogP contribution is -2.55. The van der Waals surface area contributed by atoms with E-state index in [4.69, 9.17) is 15.7 Å². The van der Waals surface area contributed by atoms with E-state index in [9.17, 15) is 9.59 Å². The van der Waals surface area contributed by atoms with Crippen molar-refractivity contribution in [2.45, 2.75) is 26.4 Å². The fraction of sp³-hybridized carbons (Fsp3) is 0.286. The Labute approximate surface area is 151 Å². The van der Waals surface area contributed by atoms with Gasteiger partial charge in [-0.15, -0.1) is 6.42 Å². The number of hydrogen-bond donors (Lipinski definition) is 0. The molecule has 0 spiro atoms. The molecule has 130 valence electrons. The van der Waals surface area contributed by atoms with Gasteiger partial charge in [0.2, 0.25) is 0 Å². The molecule has 0 N–H and O–H groups in total. The number of carbonyl (C=O) groups excluding carboxylic acids is 2. The van der Waals surface area contributed by atoms with Gasteiger partial charge in [-0.1, -0.05) is 42.3 Å². The van der Waals surface area contributed by atoms with Gasteiger partial charge >= 0.3 is 0 Å². The number of aromatic nitrogens is 1. The largest absolute Gasteiger partial charge is 0.470 e. The lowest BCUT2D eigenvalue weighted by molar-refractivity contribution is -0.126. The zero-order chi connectivity index (χ0) is 18.4. The molecule has 1 aromatic carbocycles. The number of hydrogen-bond acceptors (Lipinski definition) is 5. The summed E-state index contributed by atoms with van der Waals surface area (Å²) in [5.74, 6) is 2.54. The summed E-state index contributed by atoms with van der Waals surface area (Å²) in [6.07, 6.45) is 9.66. The Morgan fingerprint density at radius 1 is 1.31 bits per heavy atom. The van der Waals surface area contributed by atoms with Crippen LogP contribution in [0.2, 0.25) is 0 Å². The highest BCUT2D eigenvalue weighted by atomic mass is 16.5. The number of benzene rings is 1. The second kappa shape index (κ2) is 5.70. The van der Waals surface area contributed by atoms with Crippen LogP contribution < -0.4 is 4.74 Å². The van der Waals surface area contributed by atoms with Crippen molar-refractivity contribution in [1.29, 1.82) is 0 Å². The van der Waals surface area contributed by atoms with Crippen LogP contribution in [0.3, 0.4) is 0 Å². The monoisotopic (exact) mass is 347 g/mol. The van der Waals surface area contributed by atoms with Crippen LogP contribution in [-0.2, 0) is 17.8 Å². The molecule has 2 aromatic rings. The highest BCUT2D eigenvalue weighted by Gasteiger charge is 2.62. The smallest absolute Gasteiger partial charge is 0.265 e. The van der Waals surface area contributed by atoms with Crippen LogP contribution in [0.15, 0.2) is 47.0 Å². The number of terminal acetylenes is 1. The summed E-state index contributed by atoms with van der Waals surface area (Å²) in [5.41, 5.74) is -1.09. The van der Waals surface area contributed by atoms with Crippen molar-refractivity contribution in [1.82, 2.24) is 5.16 Å². The first kappa shape index (κ1) is 16.3. The van der Waals surface area contributed by atoms with Crippen molar-refractivity contribution in [2.24, 2.45) is 10.8 Å². The Balaban J connectivity index is 1.73. The zero-order valence-electron chi connectivity index (χ0n) is 14.3. The Morgan fingerprint density at radius 3 is 2.81 bits per heavy atom. The van der Waals surface area contributed by atoms with Crippen molar-refractivity contribution in [3.63, 3.8) is 0 Å². The molecule has 4 rings (SSSR count). The topological polar surface area (TPSA) is 69.4 Å². The molecule has 5 heteroatoms. The van der Waals surface area contributed by atoms with Gasteiger partial charge < -0.3 is 9.26 Å². The number of Topliss-reactive ketones (excluding diaryl/α,β-unsaturated/α-hetero) is 1. The molecule has 1 heterocycles. The van der Waals surface area contributed by atoms with Crippen molar-refractivity contribution >= 4 is 11.6 Å². The molecule has 2 aliphatic carbocycles. The molecular weight excluding hydrogens is 330 g/mol. The second-order valence-corrected chi connectivity index (χ2v) is 6.89. The third-order valence-corrected chi connectivity index (χ3v) is 5.56. The second-order valence-electron chi connectivity index (χ2n) is 6.89. The van der Waals surface area contributed by atoms with E-state index in [2.05, 4.69) is 11.1 Å². The van der Waals surface area contributed by atoms with Gasteiger partial charge in [0.25, 0.3) is 5.88 Å². The molecule has 0 saturated heterocycles. The maximum absolute atomic E-state index is 13.3. The minimum atomic E-state index is -1.33. The number of rotatable bonds is 3. The molecule has 0 unspecified atom stereocenters. The summed E-state index contributed by atoms with van der Waals surface area (Å²) in [4.78, 5) is 26.0. The van der Waals surface area contributed by atoms with E-state index in [1.807, 2.05) is 30.3 Å². The molecule has 2 aliphatic rings. The Bertz CT molecular complexity index is 966. The standard InChI is InChI=1S/C21H17NO4/c1-3-21-11-7-10-16(23)20(21,2)18(24)17-15(12-21)26-22-19(17)25-13-14-8-5-4-6-9-14/h1,4-10H,11-13H2,2H3/t20-,21+/m1/s1. The van der Waals surface area contributed by atoms with E-state index >= 15 is 0 Å². The van der Waals surface area contributed by atoms with E-state index in [1.54, 1.807) is 13.0 Å². The molecular formula is C21H17NO4. The highest BCUT2D eigenvalue weighted by molar-refractivity contribution is 6.20. The molecule has 1 aromatic heterocycles. The SMILES string of the molecule is C#C[C@@]12CC=CC(=O)[C@]1(C)C(=O)c1c(OCc3ccccc3)noc1C2. The third-order valence-electron chi connectivity index (χ3n) is 5.56. The summed E-state index contributed by atoms with van der Waals surface area (Å²) in [6.45, 7) is 1.87. The molecule has 26 heavy (non-hydrogen) atoms. The van der Waals surface area contributed by atoms with Crippen molar-refractivity contribution in [3.8, 4) is 18.2 Å². The quantitative estimate of drug-likeness (QED) is 0.630. The fourth-order valence-corrected chi connectivity index (χ4v) is 3.81. The zero-order valence-corrected chi connectivity index (χ0v) is 14.3. The highest BCUT2D eigenvalue weighted by Crippen LogP contribution is 2.54. The fourth-order valence-electron chi connectivity index (χ4n) is 3.81. The van der Waals surface area contributed by atoms with Gasteiger partial charge in [0.05, 0.1) is 5.41 Å². The summed E-state index contributed by atoms with van der Waals surface area (Å²) in [7, 11) is 0. The molecule has 0 amide bonds. The third kappa shape index (κ3) is 2.08. The van der Waals surface area contributed by atoms with Crippen LogP contribution >= 0.6 is 0 Å². The summed E-state index contributed by atoms with van der Waals surface area (Å²) >= 11 is 0. The van der Waals surface area contributed by atoms with Crippen molar-refractivity contribution < 1.29 is 18.8 Å². The maximum Gasteiger partial charge on any atom is 0.265 e. The average Bonchev–Trinajstić information content (AvgIpc) is 3.06. The van der Waals surface area contributed by atoms with Gasteiger partial charge in [-0.3, -0.25) is 9.59 Å². The van der Waals surface area contributed by atoms with Crippen molar-refractivity contribution in [3.05, 3.63) is 59.4 Å². The maximum atomic E-state index is 13.3. The van der Waals surface area contributed by atoms with E-state index in [1.165, 1.54) is 6.08 Å². The predicted molar refractivity (Wildman–Crippen MR) is 93.4 cm³/mol. The van der Waals surface area contributed by atoms with Gasteiger partial charge in [0.15, 0.2) is 17.3 Å². The Hall–Kier alpha value is -3.13. The lowest BCUT2D eigenvalue weighted by Gasteiger charge is -2.46. The first-order valence-corrected chi connectivity index (χ1v) is 8.41. The van der Waals surface area contributed by atoms with Crippen molar-refractivity contribution in [2.75, 3.05) is 0 Å². The van der Waals surface area contributed by atoms with Crippen LogP contribution in [0.25, 0.3) is 0 Å². The summed E-state index contributed by atoms with van der Waals surface area (Å²) in [5, 5.41) is 3.92. The first-order valence-electron chi connectivity index (χ1n) is 8.41. The van der Waals surface area contributed by atoms with E-state index in [0.29, 0.717) is 12.2 Å². The van der Waals surface area contributed by atoms with Gasteiger partial charge in [-0.2, -0.15) is 0 Å². The Kier molecular flexibility index (Phi) is 3.58. The molecule has 0 fully saturated rings. The molecule has 0 saturated carbocycles. The number of ether oxygens (including phenoxy) is 1. The first-order chi connectivity index (χ1) is 12.5. The van der Waals surface area contributed by atoms with Gasteiger partial charge in [-0.25, -0.2) is 0 Å². The van der Waals surface area contributed by atoms with E-state index < -0.39 is 10.8 Å². The van der Waals surface area contributed by atoms with Crippen LogP contribution in [0.1, 0.15) is 35.0 Å². The number of allylic oxidation sites excluding steroid dienone is 2. The predicted octanol–water partition coefficient (Wildman–Crippen LogP) is 3.15. The minimum Gasteiger partial charge on any atom is -0.470 e. The number of fused-ring (bicyclic) bond motifs is 2. The molecule has 0 aliphatic heterocycles. The van der Waals surface area contributed by atoms with Gasteiger partial charge in [-0.05, 0) is 30.1 Å². The van der Waals surface area contributed by atoms with Gasteiger partial charge in [0.1, 0.15) is 17.6 Å². The summed E-state index contributed by atoms with van der Waals surface area (Å²) < 4.78 is 11.1. The van der Waals surface area contributed by atoms with E-state index in [-0.39, 0.29) is 36.0 Å². The molecule has 2 atom stereocenters. The molecule has 0 radical (unpaired) electrons. The van der Waals surface area contributed by atoms with Crippen LogP contribution in [0.4, 0.5) is 0 Å². The van der Waals surface area contributed by atoms with Crippen LogP contribution in [0, 0.1) is 23.2 Å². The lowest BCUT2D eigenvalue weighted by atomic mass is 9.51. The number of carbonyl (C=O) groups is 2. The van der Waals surface area contributed by atoms with Gasteiger partial charge in [0, 0.05) is 6.42 Å². The number of nitrogens with zero attached hydrogens (tertiary/aromatic N) is 1. The normalized spacial score (nSPS) is 26.8. The minimum absolute atomic E-state index is 0.114. The molecule has 5 nitrogen and oxygen atoms in total. The average molecular weight is 347 g/mol. The van der Waals surface area contributed by atoms with Crippen LogP contribution in [-0.4, -0.2) is 16.7 Å². The number of ketones is 2. The Morgan fingerprint density at radius 2 is 2.08 bits per heavy atom. The van der Waals surface area contributed by atoms with Crippen LogP contribution in [0.5, 0.6) is 5.88 Å². The summed E-state index contributed by atoms with van der Waals surface area (Å²) in [6, 6.07) is 9.53. The molecule has 0 bridgehead atoms.